The highest BCUT2D eigenvalue weighted by molar-refractivity contribution is 5.82. The van der Waals surface area contributed by atoms with Crippen molar-refractivity contribution < 1.29 is 0 Å². The molecule has 2 N–H and O–H groups in total. The van der Waals surface area contributed by atoms with Gasteiger partial charge in [-0.05, 0) is 11.6 Å². The Morgan fingerprint density at radius 1 is 1.28 bits per heavy atom. The van der Waals surface area contributed by atoms with Crippen molar-refractivity contribution in [2.75, 3.05) is 0 Å². The third kappa shape index (κ3) is 2.15. The lowest BCUT2D eigenvalue weighted by Crippen LogP contribution is -2.11. The first-order chi connectivity index (χ1) is 8.83. The molecule has 3 rings (SSSR count). The van der Waals surface area contributed by atoms with Gasteiger partial charge in [-0.3, -0.25) is 4.68 Å². The SMILES string of the molecule is Cn1cc(CNCc2c[nH]c3ccccc23)cn1. The number of benzene rings is 1. The third-order valence-corrected chi connectivity index (χ3v) is 3.08. The molecule has 0 radical (unpaired) electrons. The number of para-hydroxylation sites is 1. The summed E-state index contributed by atoms with van der Waals surface area (Å²) in [5.41, 5.74) is 3.70. The lowest BCUT2D eigenvalue weighted by molar-refractivity contribution is 0.695. The summed E-state index contributed by atoms with van der Waals surface area (Å²) >= 11 is 0. The number of hydrogen-bond acceptors (Lipinski definition) is 2. The maximum absolute atomic E-state index is 4.15. The molecular formula is C14H16N4. The Morgan fingerprint density at radius 3 is 3.00 bits per heavy atom. The summed E-state index contributed by atoms with van der Waals surface area (Å²) in [7, 11) is 1.93. The number of nitrogens with zero attached hydrogens (tertiary/aromatic N) is 2. The first kappa shape index (κ1) is 11.0. The molecule has 3 aromatic rings. The average molecular weight is 240 g/mol. The van der Waals surface area contributed by atoms with E-state index in [-0.39, 0.29) is 0 Å². The fraction of sp³-hybridized carbons (Fsp3) is 0.214. The molecule has 4 nitrogen and oxygen atoms in total. The van der Waals surface area contributed by atoms with Gasteiger partial charge in [-0.25, -0.2) is 0 Å². The second-order valence-corrected chi connectivity index (χ2v) is 4.49. The lowest BCUT2D eigenvalue weighted by atomic mass is 10.2. The predicted octanol–water partition coefficient (Wildman–Crippen LogP) is 2.19. The highest BCUT2D eigenvalue weighted by Gasteiger charge is 2.02. The predicted molar refractivity (Wildman–Crippen MR) is 72.1 cm³/mol. The zero-order chi connectivity index (χ0) is 12.4. The highest BCUT2D eigenvalue weighted by atomic mass is 15.2. The van der Waals surface area contributed by atoms with E-state index >= 15 is 0 Å². The van der Waals surface area contributed by atoms with Crippen molar-refractivity contribution in [3.8, 4) is 0 Å². The van der Waals surface area contributed by atoms with Crippen molar-refractivity contribution in [2.45, 2.75) is 13.1 Å². The molecule has 4 heteroatoms. The molecule has 18 heavy (non-hydrogen) atoms. The van der Waals surface area contributed by atoms with Gasteiger partial charge in [0.1, 0.15) is 0 Å². The summed E-state index contributed by atoms with van der Waals surface area (Å²) in [6, 6.07) is 8.36. The molecular weight excluding hydrogens is 224 g/mol. The van der Waals surface area contributed by atoms with Gasteiger partial charge in [0.15, 0.2) is 0 Å². The van der Waals surface area contributed by atoms with Gasteiger partial charge in [0.05, 0.1) is 6.20 Å². The van der Waals surface area contributed by atoms with Crippen LogP contribution in [0.15, 0.2) is 42.9 Å². The molecule has 2 aromatic heterocycles. The molecule has 0 aliphatic carbocycles. The van der Waals surface area contributed by atoms with Crippen LogP contribution in [-0.4, -0.2) is 14.8 Å². The first-order valence-electron chi connectivity index (χ1n) is 6.06. The van der Waals surface area contributed by atoms with Gasteiger partial charge in [0.25, 0.3) is 0 Å². The van der Waals surface area contributed by atoms with Crippen molar-refractivity contribution in [1.82, 2.24) is 20.1 Å². The Kier molecular flexibility index (Phi) is 2.86. The summed E-state index contributed by atoms with van der Waals surface area (Å²) in [5.74, 6) is 0. The van der Waals surface area contributed by atoms with Crippen LogP contribution in [0, 0.1) is 0 Å². The molecule has 2 heterocycles. The molecule has 92 valence electrons. The van der Waals surface area contributed by atoms with E-state index in [4.69, 9.17) is 0 Å². The second-order valence-electron chi connectivity index (χ2n) is 4.49. The van der Waals surface area contributed by atoms with Crippen LogP contribution in [0.2, 0.25) is 0 Å². The molecule has 0 spiro atoms. The van der Waals surface area contributed by atoms with Crippen LogP contribution in [0.25, 0.3) is 10.9 Å². The number of H-pyrrole nitrogens is 1. The van der Waals surface area contributed by atoms with Gasteiger partial charge in [0.2, 0.25) is 0 Å². The molecule has 0 atom stereocenters. The standard InChI is InChI=1S/C14H16N4/c1-18-10-11(7-17-18)6-15-8-12-9-16-14-5-3-2-4-13(12)14/h2-5,7,9-10,15-16H,6,8H2,1H3. The van der Waals surface area contributed by atoms with Crippen molar-refractivity contribution in [3.63, 3.8) is 0 Å². The molecule has 0 unspecified atom stereocenters. The fourth-order valence-corrected chi connectivity index (χ4v) is 2.18. The molecule has 1 aromatic carbocycles. The maximum atomic E-state index is 4.15. The second kappa shape index (κ2) is 4.66. The summed E-state index contributed by atoms with van der Waals surface area (Å²) in [4.78, 5) is 3.28. The number of nitrogens with one attached hydrogen (secondary N) is 2. The minimum Gasteiger partial charge on any atom is -0.361 e. The van der Waals surface area contributed by atoms with Crippen LogP contribution in [-0.2, 0) is 20.1 Å². The Hall–Kier alpha value is -2.07. The van der Waals surface area contributed by atoms with Crippen LogP contribution in [0.1, 0.15) is 11.1 Å². The quantitative estimate of drug-likeness (QED) is 0.734. The number of aryl methyl sites for hydroxylation is 1. The lowest BCUT2D eigenvalue weighted by Gasteiger charge is -2.01. The number of rotatable bonds is 4. The summed E-state index contributed by atoms with van der Waals surface area (Å²) < 4.78 is 1.82. The average Bonchev–Trinajstić information content (AvgIpc) is 2.97. The summed E-state index contributed by atoms with van der Waals surface area (Å²) in [6.07, 6.45) is 5.99. The fourth-order valence-electron chi connectivity index (χ4n) is 2.18. The minimum atomic E-state index is 0.841. The Bertz CT molecular complexity index is 650. The summed E-state index contributed by atoms with van der Waals surface area (Å²) in [6.45, 7) is 1.70. The van der Waals surface area contributed by atoms with Crippen LogP contribution in [0.5, 0.6) is 0 Å². The minimum absolute atomic E-state index is 0.841. The van der Waals surface area contributed by atoms with Crippen LogP contribution < -0.4 is 5.32 Å². The number of aromatic amines is 1. The number of hydrogen-bond donors (Lipinski definition) is 2. The van der Waals surface area contributed by atoms with Crippen molar-refractivity contribution >= 4 is 10.9 Å². The molecule has 0 saturated heterocycles. The molecule has 0 amide bonds. The maximum Gasteiger partial charge on any atom is 0.0534 e. The van der Waals surface area contributed by atoms with Gasteiger partial charge in [-0.2, -0.15) is 5.10 Å². The van der Waals surface area contributed by atoms with E-state index in [1.807, 2.05) is 30.2 Å². The van der Waals surface area contributed by atoms with E-state index < -0.39 is 0 Å². The number of aromatic nitrogens is 3. The summed E-state index contributed by atoms with van der Waals surface area (Å²) in [5, 5.41) is 8.88. The molecule has 0 aliphatic heterocycles. The number of fused-ring (bicyclic) bond motifs is 1. The Balaban J connectivity index is 1.66. The van der Waals surface area contributed by atoms with Gasteiger partial charge in [0, 0.05) is 49.0 Å². The third-order valence-electron chi connectivity index (χ3n) is 3.08. The van der Waals surface area contributed by atoms with Gasteiger partial charge < -0.3 is 10.3 Å². The monoisotopic (exact) mass is 240 g/mol. The molecule has 0 bridgehead atoms. The zero-order valence-electron chi connectivity index (χ0n) is 10.4. The van der Waals surface area contributed by atoms with E-state index in [1.54, 1.807) is 0 Å². The van der Waals surface area contributed by atoms with E-state index in [0.29, 0.717) is 0 Å². The van der Waals surface area contributed by atoms with E-state index in [0.717, 1.165) is 13.1 Å². The van der Waals surface area contributed by atoms with Crippen LogP contribution >= 0.6 is 0 Å². The van der Waals surface area contributed by atoms with Gasteiger partial charge in [-0.1, -0.05) is 18.2 Å². The Labute approximate surface area is 106 Å². The van der Waals surface area contributed by atoms with E-state index in [9.17, 15) is 0 Å². The smallest absolute Gasteiger partial charge is 0.0534 e. The largest absolute Gasteiger partial charge is 0.361 e. The normalized spacial score (nSPS) is 11.2. The van der Waals surface area contributed by atoms with Crippen LogP contribution in [0.4, 0.5) is 0 Å². The van der Waals surface area contributed by atoms with Gasteiger partial charge >= 0.3 is 0 Å². The topological polar surface area (TPSA) is 45.6 Å². The van der Waals surface area contributed by atoms with Gasteiger partial charge in [-0.15, -0.1) is 0 Å². The van der Waals surface area contributed by atoms with Crippen molar-refractivity contribution in [3.05, 3.63) is 54.0 Å². The van der Waals surface area contributed by atoms with E-state index in [2.05, 4.69) is 39.8 Å². The van der Waals surface area contributed by atoms with Crippen molar-refractivity contribution in [2.24, 2.45) is 7.05 Å². The highest BCUT2D eigenvalue weighted by Crippen LogP contribution is 2.17. The van der Waals surface area contributed by atoms with E-state index in [1.165, 1.54) is 22.0 Å². The molecule has 0 aliphatic rings. The zero-order valence-corrected chi connectivity index (χ0v) is 10.4. The van der Waals surface area contributed by atoms with Crippen molar-refractivity contribution in [1.29, 1.82) is 0 Å². The molecule has 0 saturated carbocycles. The molecule has 0 fully saturated rings. The Morgan fingerprint density at radius 2 is 2.17 bits per heavy atom. The first-order valence-corrected chi connectivity index (χ1v) is 6.06. The van der Waals surface area contributed by atoms with Crippen LogP contribution in [0.3, 0.4) is 0 Å².